The summed E-state index contributed by atoms with van der Waals surface area (Å²) in [5.41, 5.74) is 0. The fourth-order valence-electron chi connectivity index (χ4n) is 2.26. The molecule has 0 aliphatic carbocycles. The lowest BCUT2D eigenvalue weighted by Gasteiger charge is -2.13. The Kier molecular flexibility index (Phi) is 14.6. The summed E-state index contributed by atoms with van der Waals surface area (Å²) in [4.78, 5) is 10.9. The number of aliphatic hydroxyl groups excluding tert-OH is 3. The van der Waals surface area contributed by atoms with Crippen LogP contribution in [0.25, 0.3) is 0 Å². The van der Waals surface area contributed by atoms with E-state index in [0.717, 1.165) is 38.5 Å². The zero-order valence-corrected chi connectivity index (χ0v) is 15.1. The van der Waals surface area contributed by atoms with Crippen LogP contribution in [0.1, 0.15) is 64.7 Å². The molecule has 0 aromatic carbocycles. The van der Waals surface area contributed by atoms with Crippen molar-refractivity contribution in [2.75, 3.05) is 7.11 Å². The van der Waals surface area contributed by atoms with Crippen molar-refractivity contribution in [3.8, 4) is 0 Å². The molecule has 0 aromatic heterocycles. The molecule has 0 radical (unpaired) electrons. The van der Waals surface area contributed by atoms with Gasteiger partial charge in [-0.3, -0.25) is 4.79 Å². The Balaban J connectivity index is 3.71. The topological polar surface area (TPSA) is 87.0 Å². The lowest BCUT2D eigenvalue weighted by Crippen LogP contribution is -2.23. The van der Waals surface area contributed by atoms with Crippen molar-refractivity contribution in [2.24, 2.45) is 0 Å². The molecule has 0 heterocycles. The second kappa shape index (κ2) is 15.4. The molecule has 0 fully saturated rings. The van der Waals surface area contributed by atoms with Crippen molar-refractivity contribution in [2.45, 2.75) is 83.0 Å². The zero-order chi connectivity index (χ0) is 18.2. The fraction of sp³-hybridized carbons (Fsp3) is 0.737. The molecule has 3 N–H and O–H groups in total. The Bertz CT molecular complexity index is 365. The van der Waals surface area contributed by atoms with Crippen LogP contribution in [0.15, 0.2) is 24.3 Å². The summed E-state index contributed by atoms with van der Waals surface area (Å²) in [6.45, 7) is 2.01. The van der Waals surface area contributed by atoms with Crippen LogP contribution in [-0.4, -0.2) is 46.7 Å². The predicted molar refractivity (Wildman–Crippen MR) is 95.5 cm³/mol. The number of hydrogen-bond donors (Lipinski definition) is 3. The molecule has 0 spiro atoms. The summed E-state index contributed by atoms with van der Waals surface area (Å²) in [6.07, 6.45) is 11.5. The number of hydrogen-bond acceptors (Lipinski definition) is 5. The van der Waals surface area contributed by atoms with Crippen molar-refractivity contribution in [3.63, 3.8) is 0 Å². The third-order valence-corrected chi connectivity index (χ3v) is 3.81. The van der Waals surface area contributed by atoms with E-state index >= 15 is 0 Å². The van der Waals surface area contributed by atoms with Gasteiger partial charge in [0.15, 0.2) is 0 Å². The van der Waals surface area contributed by atoms with Crippen LogP contribution >= 0.6 is 0 Å². The lowest BCUT2D eigenvalue weighted by molar-refractivity contribution is -0.140. The quantitative estimate of drug-likeness (QED) is 0.257. The van der Waals surface area contributed by atoms with E-state index in [2.05, 4.69) is 4.74 Å². The molecule has 0 rings (SSSR count). The van der Waals surface area contributed by atoms with Gasteiger partial charge in [-0.1, -0.05) is 56.9 Å². The Labute approximate surface area is 146 Å². The van der Waals surface area contributed by atoms with Gasteiger partial charge < -0.3 is 20.1 Å². The first-order valence-corrected chi connectivity index (χ1v) is 8.95. The van der Waals surface area contributed by atoms with Gasteiger partial charge in [0.25, 0.3) is 0 Å². The molecule has 5 heteroatoms. The highest BCUT2D eigenvalue weighted by atomic mass is 16.5. The van der Waals surface area contributed by atoms with Crippen molar-refractivity contribution < 1.29 is 24.9 Å². The molecule has 0 aliphatic rings. The highest BCUT2D eigenvalue weighted by Crippen LogP contribution is 2.10. The van der Waals surface area contributed by atoms with E-state index in [1.807, 2.05) is 19.1 Å². The standard InChI is InChI=1S/C19H34O5/c1-3-4-8-12-17(21)18(22)15-14-16(20)11-9-6-5-7-10-13-19(23)24-2/h4,8,14-18,20-22H,3,5-7,9-13H2,1-2H3/b8-4-,15-14+/t16-,17-,18-/m0/s1. The lowest BCUT2D eigenvalue weighted by atomic mass is 10.0. The Morgan fingerprint density at radius 3 is 2.33 bits per heavy atom. The third kappa shape index (κ3) is 13.3. The Morgan fingerprint density at radius 1 is 1.00 bits per heavy atom. The summed E-state index contributed by atoms with van der Waals surface area (Å²) in [6, 6.07) is 0. The molecule has 0 aliphatic heterocycles. The maximum Gasteiger partial charge on any atom is 0.305 e. The minimum absolute atomic E-state index is 0.165. The van der Waals surface area contributed by atoms with Gasteiger partial charge in [0.05, 0.1) is 25.4 Å². The molecule has 0 unspecified atom stereocenters. The molecule has 3 atom stereocenters. The van der Waals surface area contributed by atoms with Gasteiger partial charge in [0.1, 0.15) is 0 Å². The highest BCUT2D eigenvalue weighted by Gasteiger charge is 2.11. The van der Waals surface area contributed by atoms with Crippen LogP contribution in [0.4, 0.5) is 0 Å². The number of esters is 1. The van der Waals surface area contributed by atoms with Crippen LogP contribution in [0.5, 0.6) is 0 Å². The molecule has 0 bridgehead atoms. The van der Waals surface area contributed by atoms with Crippen LogP contribution in [0.2, 0.25) is 0 Å². The minimum atomic E-state index is -0.959. The second-order valence-electron chi connectivity index (χ2n) is 6.01. The molecule has 0 amide bonds. The second-order valence-corrected chi connectivity index (χ2v) is 6.01. The van der Waals surface area contributed by atoms with Crippen molar-refractivity contribution in [1.82, 2.24) is 0 Å². The first-order chi connectivity index (χ1) is 11.5. The van der Waals surface area contributed by atoms with Crippen LogP contribution < -0.4 is 0 Å². The minimum Gasteiger partial charge on any atom is -0.469 e. The number of carbonyl (C=O) groups excluding carboxylic acids is 1. The van der Waals surface area contributed by atoms with E-state index in [-0.39, 0.29) is 5.97 Å². The monoisotopic (exact) mass is 342 g/mol. The van der Waals surface area contributed by atoms with Gasteiger partial charge >= 0.3 is 5.97 Å². The average molecular weight is 342 g/mol. The zero-order valence-electron chi connectivity index (χ0n) is 15.1. The number of unbranched alkanes of at least 4 members (excludes halogenated alkanes) is 4. The molecule has 0 aromatic rings. The maximum absolute atomic E-state index is 10.9. The number of aliphatic hydroxyl groups is 3. The predicted octanol–water partition coefficient (Wildman–Crippen LogP) is 2.89. The number of methoxy groups -OCH3 is 1. The SMILES string of the molecule is CC/C=C\C[C@H](O)[C@@H](O)/C=C/[C@@H](O)CCCCCCCC(=O)OC. The first-order valence-electron chi connectivity index (χ1n) is 8.95. The van der Waals surface area contributed by atoms with Gasteiger partial charge in [-0.15, -0.1) is 0 Å². The van der Waals surface area contributed by atoms with Gasteiger partial charge in [0.2, 0.25) is 0 Å². The fourth-order valence-corrected chi connectivity index (χ4v) is 2.26. The van der Waals surface area contributed by atoms with Gasteiger partial charge in [-0.05, 0) is 25.7 Å². The van der Waals surface area contributed by atoms with E-state index in [0.29, 0.717) is 19.3 Å². The molecule has 24 heavy (non-hydrogen) atoms. The molecule has 140 valence electrons. The summed E-state index contributed by atoms with van der Waals surface area (Å²) >= 11 is 0. The largest absolute Gasteiger partial charge is 0.469 e. The third-order valence-electron chi connectivity index (χ3n) is 3.81. The molecule has 0 saturated heterocycles. The van der Waals surface area contributed by atoms with E-state index in [9.17, 15) is 20.1 Å². The summed E-state index contributed by atoms with van der Waals surface area (Å²) < 4.78 is 4.58. The Morgan fingerprint density at radius 2 is 1.67 bits per heavy atom. The van der Waals surface area contributed by atoms with Gasteiger partial charge in [0, 0.05) is 6.42 Å². The molecular weight excluding hydrogens is 308 g/mol. The summed E-state index contributed by atoms with van der Waals surface area (Å²) in [7, 11) is 1.40. The van der Waals surface area contributed by atoms with Gasteiger partial charge in [-0.25, -0.2) is 0 Å². The van der Waals surface area contributed by atoms with Gasteiger partial charge in [-0.2, -0.15) is 0 Å². The maximum atomic E-state index is 10.9. The van der Waals surface area contributed by atoms with Crippen LogP contribution in [0, 0.1) is 0 Å². The van der Waals surface area contributed by atoms with Crippen LogP contribution in [-0.2, 0) is 9.53 Å². The van der Waals surface area contributed by atoms with Crippen LogP contribution in [0.3, 0.4) is 0 Å². The molecule has 0 saturated carbocycles. The van der Waals surface area contributed by atoms with E-state index in [1.165, 1.54) is 13.2 Å². The summed E-state index contributed by atoms with van der Waals surface area (Å²) in [5.74, 6) is -0.165. The van der Waals surface area contributed by atoms with Crippen molar-refractivity contribution >= 4 is 5.97 Å². The molecule has 5 nitrogen and oxygen atoms in total. The molecular formula is C19H34O5. The number of allylic oxidation sites excluding steroid dienone is 1. The highest BCUT2D eigenvalue weighted by molar-refractivity contribution is 5.68. The van der Waals surface area contributed by atoms with E-state index in [1.54, 1.807) is 6.08 Å². The smallest absolute Gasteiger partial charge is 0.305 e. The Hall–Kier alpha value is -1.17. The van der Waals surface area contributed by atoms with Crippen molar-refractivity contribution in [3.05, 3.63) is 24.3 Å². The van der Waals surface area contributed by atoms with E-state index in [4.69, 9.17) is 0 Å². The average Bonchev–Trinajstić information content (AvgIpc) is 2.58. The number of rotatable bonds is 14. The number of carbonyl (C=O) groups is 1. The first kappa shape index (κ1) is 22.8. The normalized spacial score (nSPS) is 15.7. The number of ether oxygens (including phenoxy) is 1. The van der Waals surface area contributed by atoms with Crippen molar-refractivity contribution in [1.29, 1.82) is 0 Å². The van der Waals surface area contributed by atoms with E-state index < -0.39 is 18.3 Å². The summed E-state index contributed by atoms with van der Waals surface area (Å²) in [5, 5.41) is 29.4.